The van der Waals surface area contributed by atoms with Gasteiger partial charge in [-0.3, -0.25) is 0 Å². The quantitative estimate of drug-likeness (QED) is 0.141. The highest BCUT2D eigenvalue weighted by Gasteiger charge is 2.10. The molecule has 6 rings (SSSR count). The van der Waals surface area contributed by atoms with Gasteiger partial charge < -0.3 is 15.4 Å². The molecule has 9 heteroatoms. The van der Waals surface area contributed by atoms with E-state index in [-0.39, 0.29) is 0 Å². The van der Waals surface area contributed by atoms with Crippen molar-refractivity contribution in [1.29, 1.82) is 0 Å². The van der Waals surface area contributed by atoms with Gasteiger partial charge in [0.15, 0.2) is 0 Å². The lowest BCUT2D eigenvalue weighted by molar-refractivity contribution is 0.416. The van der Waals surface area contributed by atoms with Crippen LogP contribution in [-0.4, -0.2) is 20.2 Å². The highest BCUT2D eigenvalue weighted by molar-refractivity contribution is 6.01. The van der Waals surface area contributed by atoms with Crippen LogP contribution in [-0.2, 0) is 0 Å². The van der Waals surface area contributed by atoms with E-state index >= 15 is 0 Å². The summed E-state index contributed by atoms with van der Waals surface area (Å²) in [5.74, 6) is 0.559. The van der Waals surface area contributed by atoms with Gasteiger partial charge in [0.05, 0.1) is 35.5 Å². The Morgan fingerprint density at radius 3 is 1.43 bits per heavy atom. The van der Waals surface area contributed by atoms with Crippen LogP contribution in [0.15, 0.2) is 140 Å². The van der Waals surface area contributed by atoms with E-state index in [9.17, 15) is 0 Å². The third-order valence-electron chi connectivity index (χ3n) is 7.70. The molecule has 0 heterocycles. The monoisotopic (exact) mass is 620 g/mol. The number of methoxy groups -OCH3 is 1. The van der Waals surface area contributed by atoms with Crippen molar-refractivity contribution >= 4 is 67.0 Å². The van der Waals surface area contributed by atoms with Gasteiger partial charge in [-0.1, -0.05) is 48.5 Å². The van der Waals surface area contributed by atoms with Gasteiger partial charge in [0.25, 0.3) is 0 Å². The van der Waals surface area contributed by atoms with Crippen LogP contribution in [0.5, 0.6) is 5.75 Å². The van der Waals surface area contributed by atoms with Crippen LogP contribution in [0.3, 0.4) is 0 Å². The number of nitrogens with zero attached hydrogens (tertiary/aromatic N) is 6. The number of nitrogens with one attached hydrogen (secondary N) is 2. The number of azo groups is 3. The minimum absolute atomic E-state index is 0.559. The number of fused-ring (bicyclic) bond motifs is 2. The fourth-order valence-corrected chi connectivity index (χ4v) is 5.36. The van der Waals surface area contributed by atoms with E-state index < -0.39 is 0 Å². The predicted molar refractivity (Wildman–Crippen MR) is 193 cm³/mol. The van der Waals surface area contributed by atoms with Crippen LogP contribution in [0, 0.1) is 6.92 Å². The SMILES string of the molecule is CCNc1ccc(N=Nc2ccc(/N=N/c3cc(OC)c(N=Nc4ccc(NCC)c5ccccc45)cc3C)cc2)c2ccccc12. The lowest BCUT2D eigenvalue weighted by Gasteiger charge is -2.10. The Labute approximate surface area is 274 Å². The van der Waals surface area contributed by atoms with Crippen molar-refractivity contribution in [1.82, 2.24) is 0 Å². The zero-order valence-corrected chi connectivity index (χ0v) is 26.9. The molecule has 0 fully saturated rings. The van der Waals surface area contributed by atoms with Gasteiger partial charge in [-0.05, 0) is 80.9 Å². The maximum Gasteiger partial charge on any atom is 0.148 e. The summed E-state index contributed by atoms with van der Waals surface area (Å²) in [4.78, 5) is 0. The topological polar surface area (TPSA) is 107 Å². The zero-order chi connectivity index (χ0) is 32.6. The smallest absolute Gasteiger partial charge is 0.148 e. The van der Waals surface area contributed by atoms with Crippen LogP contribution in [0.25, 0.3) is 21.5 Å². The van der Waals surface area contributed by atoms with Crippen molar-refractivity contribution in [2.24, 2.45) is 30.7 Å². The second-order valence-corrected chi connectivity index (χ2v) is 10.8. The van der Waals surface area contributed by atoms with Crippen LogP contribution in [0.2, 0.25) is 0 Å². The molecule has 0 atom stereocenters. The van der Waals surface area contributed by atoms with E-state index in [2.05, 4.69) is 79.4 Å². The van der Waals surface area contributed by atoms with Crippen LogP contribution < -0.4 is 15.4 Å². The second kappa shape index (κ2) is 14.4. The van der Waals surface area contributed by atoms with E-state index in [1.807, 2.05) is 91.9 Å². The van der Waals surface area contributed by atoms with E-state index in [1.165, 1.54) is 0 Å². The van der Waals surface area contributed by atoms with Crippen LogP contribution in [0.4, 0.5) is 45.5 Å². The average molecular weight is 621 g/mol. The first-order valence-corrected chi connectivity index (χ1v) is 15.6. The molecule has 0 aliphatic rings. The van der Waals surface area contributed by atoms with Crippen molar-refractivity contribution < 1.29 is 4.74 Å². The number of anilines is 2. The van der Waals surface area contributed by atoms with Gasteiger partial charge in [0.2, 0.25) is 0 Å². The summed E-state index contributed by atoms with van der Waals surface area (Å²) < 4.78 is 5.65. The van der Waals surface area contributed by atoms with E-state index in [0.717, 1.165) is 68.6 Å². The molecule has 6 aromatic carbocycles. The molecule has 6 aromatic rings. The van der Waals surface area contributed by atoms with Crippen molar-refractivity contribution in [3.63, 3.8) is 0 Å². The van der Waals surface area contributed by atoms with Crippen molar-refractivity contribution in [2.75, 3.05) is 30.8 Å². The van der Waals surface area contributed by atoms with Gasteiger partial charge in [-0.25, -0.2) is 0 Å². The Morgan fingerprint density at radius 2 is 0.936 bits per heavy atom. The molecule has 2 N–H and O–H groups in total. The number of hydrogen-bond acceptors (Lipinski definition) is 9. The molecule has 0 aliphatic carbocycles. The first-order chi connectivity index (χ1) is 23.1. The highest BCUT2D eigenvalue weighted by Crippen LogP contribution is 2.38. The fourth-order valence-electron chi connectivity index (χ4n) is 5.36. The molecule has 234 valence electrons. The van der Waals surface area contributed by atoms with Crippen molar-refractivity contribution in [2.45, 2.75) is 20.8 Å². The summed E-state index contributed by atoms with van der Waals surface area (Å²) in [5, 5.41) is 38.2. The molecule has 47 heavy (non-hydrogen) atoms. The summed E-state index contributed by atoms with van der Waals surface area (Å²) >= 11 is 0. The molecule has 0 amide bonds. The van der Waals surface area contributed by atoms with Gasteiger partial charge in [0, 0.05) is 52.1 Å². The van der Waals surface area contributed by atoms with Crippen LogP contribution in [0.1, 0.15) is 19.4 Å². The van der Waals surface area contributed by atoms with Gasteiger partial charge in [0.1, 0.15) is 11.4 Å². The maximum absolute atomic E-state index is 5.65. The molecular weight excluding hydrogens is 584 g/mol. The Hall–Kier alpha value is -5.96. The van der Waals surface area contributed by atoms with Crippen molar-refractivity contribution in [3.05, 3.63) is 115 Å². The number of aryl methyl sites for hydroxylation is 1. The molecule has 0 spiro atoms. The standard InChI is InChI=1S/C38H36N8O/c1-5-39-32-19-21-34(30-13-9-7-11-28(30)32)43-41-26-15-17-27(18-16-26)42-45-36-24-38(47-4)37(23-25(36)3)46-44-35-22-20-33(40-6-2)29-12-8-10-14-31(29)35/h7-24,39-40H,5-6H2,1-4H3/b43-41?,45-42+,46-44?. The number of benzene rings is 6. The number of ether oxygens (including phenoxy) is 1. The molecule has 0 aliphatic heterocycles. The molecule has 0 saturated carbocycles. The second-order valence-electron chi connectivity index (χ2n) is 10.8. The molecular formula is C38H36N8O. The summed E-state index contributed by atoms with van der Waals surface area (Å²) in [6.45, 7) is 7.82. The number of hydrogen-bond donors (Lipinski definition) is 2. The van der Waals surface area contributed by atoms with E-state index in [0.29, 0.717) is 22.8 Å². The lowest BCUT2D eigenvalue weighted by Crippen LogP contribution is -1.96. The average Bonchev–Trinajstić information content (AvgIpc) is 3.11. The van der Waals surface area contributed by atoms with E-state index in [4.69, 9.17) is 4.74 Å². The minimum atomic E-state index is 0.559. The summed E-state index contributed by atoms with van der Waals surface area (Å²) in [6.07, 6.45) is 0. The molecule has 0 bridgehead atoms. The Bertz CT molecular complexity index is 2120. The lowest BCUT2D eigenvalue weighted by atomic mass is 10.1. The Kier molecular flexibility index (Phi) is 9.53. The first kappa shape index (κ1) is 31.0. The molecule has 9 nitrogen and oxygen atoms in total. The van der Waals surface area contributed by atoms with Crippen LogP contribution >= 0.6 is 0 Å². The van der Waals surface area contributed by atoms with Gasteiger partial charge in [-0.15, -0.1) is 15.3 Å². The first-order valence-electron chi connectivity index (χ1n) is 15.6. The largest absolute Gasteiger partial charge is 0.494 e. The Morgan fingerprint density at radius 1 is 0.489 bits per heavy atom. The summed E-state index contributed by atoms with van der Waals surface area (Å²) in [5.41, 5.74) is 7.36. The highest BCUT2D eigenvalue weighted by atomic mass is 16.5. The minimum Gasteiger partial charge on any atom is -0.494 e. The summed E-state index contributed by atoms with van der Waals surface area (Å²) in [7, 11) is 1.61. The molecule has 0 radical (unpaired) electrons. The van der Waals surface area contributed by atoms with Gasteiger partial charge in [-0.2, -0.15) is 15.3 Å². The summed E-state index contributed by atoms with van der Waals surface area (Å²) in [6, 6.07) is 35.6. The third kappa shape index (κ3) is 6.99. The normalized spacial score (nSPS) is 11.7. The maximum atomic E-state index is 5.65. The number of rotatable bonds is 11. The van der Waals surface area contributed by atoms with E-state index in [1.54, 1.807) is 7.11 Å². The van der Waals surface area contributed by atoms with Gasteiger partial charge >= 0.3 is 0 Å². The zero-order valence-electron chi connectivity index (χ0n) is 26.9. The predicted octanol–water partition coefficient (Wildman–Crippen LogP) is 12.4. The molecule has 0 aromatic heterocycles. The molecule has 0 unspecified atom stereocenters. The van der Waals surface area contributed by atoms with Crippen molar-refractivity contribution in [3.8, 4) is 5.75 Å². The third-order valence-corrected chi connectivity index (χ3v) is 7.70. The Balaban J connectivity index is 1.18. The fraction of sp³-hybridized carbons (Fsp3) is 0.158. The molecule has 0 saturated heterocycles.